The maximum Gasteiger partial charge on any atom is 0.163 e. The van der Waals surface area contributed by atoms with Crippen LogP contribution < -0.4 is 19.7 Å². The highest BCUT2D eigenvalue weighted by Gasteiger charge is 2.20. The minimum absolute atomic E-state index is 0.590. The zero-order valence-corrected chi connectivity index (χ0v) is 10.8. The van der Waals surface area contributed by atoms with E-state index in [2.05, 4.69) is 29.3 Å². The van der Waals surface area contributed by atoms with Gasteiger partial charge in [0.1, 0.15) is 13.2 Å². The summed E-state index contributed by atoms with van der Waals surface area (Å²) in [6, 6.07) is 6.84. The number of piperazine rings is 1. The van der Waals surface area contributed by atoms with E-state index in [0.717, 1.165) is 31.1 Å². The number of hydrogen-bond acceptors (Lipinski definition) is 4. The maximum absolute atomic E-state index is 5.64. The smallest absolute Gasteiger partial charge is 0.163 e. The summed E-state index contributed by atoms with van der Waals surface area (Å²) >= 11 is 0. The first kappa shape index (κ1) is 11.7. The fourth-order valence-corrected chi connectivity index (χ4v) is 2.56. The van der Waals surface area contributed by atoms with Gasteiger partial charge in [-0.25, -0.2) is 0 Å². The van der Waals surface area contributed by atoms with Crippen molar-refractivity contribution in [3.8, 4) is 11.5 Å². The standard InChI is InChI=1S/C14H20N2O2/c1-2-11-10-16(6-5-15-11)12-3-4-13-14(9-12)18-8-7-17-13/h3-4,9,11,15H,2,5-8,10H2,1H3. The van der Waals surface area contributed by atoms with Crippen molar-refractivity contribution in [3.63, 3.8) is 0 Å². The van der Waals surface area contributed by atoms with E-state index in [1.54, 1.807) is 0 Å². The normalized spacial score (nSPS) is 22.9. The molecule has 2 aliphatic rings. The molecular formula is C14H20N2O2. The van der Waals surface area contributed by atoms with Crippen molar-refractivity contribution in [1.29, 1.82) is 0 Å². The maximum atomic E-state index is 5.64. The molecule has 1 aromatic rings. The van der Waals surface area contributed by atoms with Gasteiger partial charge in [0, 0.05) is 37.4 Å². The molecule has 1 aromatic carbocycles. The second kappa shape index (κ2) is 5.06. The Kier molecular flexibility index (Phi) is 3.28. The van der Waals surface area contributed by atoms with Crippen molar-refractivity contribution in [2.45, 2.75) is 19.4 Å². The van der Waals surface area contributed by atoms with Crippen LogP contribution in [0.4, 0.5) is 5.69 Å². The summed E-state index contributed by atoms with van der Waals surface area (Å²) in [5.74, 6) is 1.75. The van der Waals surface area contributed by atoms with Gasteiger partial charge >= 0.3 is 0 Å². The first-order valence-corrected chi connectivity index (χ1v) is 6.75. The Bertz CT molecular complexity index is 422. The molecule has 1 N–H and O–H groups in total. The zero-order chi connectivity index (χ0) is 12.4. The Labute approximate surface area is 108 Å². The Balaban J connectivity index is 1.79. The van der Waals surface area contributed by atoms with Gasteiger partial charge in [0.25, 0.3) is 0 Å². The van der Waals surface area contributed by atoms with Crippen molar-refractivity contribution in [2.75, 3.05) is 37.7 Å². The summed E-state index contributed by atoms with van der Waals surface area (Å²) in [6.07, 6.45) is 1.17. The van der Waals surface area contributed by atoms with E-state index in [4.69, 9.17) is 9.47 Å². The van der Waals surface area contributed by atoms with Crippen LogP contribution in [-0.4, -0.2) is 38.9 Å². The van der Waals surface area contributed by atoms with Gasteiger partial charge < -0.3 is 19.7 Å². The highest BCUT2D eigenvalue weighted by Crippen LogP contribution is 2.34. The summed E-state index contributed by atoms with van der Waals surface area (Å²) in [7, 11) is 0. The van der Waals surface area contributed by atoms with E-state index in [-0.39, 0.29) is 0 Å². The van der Waals surface area contributed by atoms with Gasteiger partial charge in [0.05, 0.1) is 0 Å². The number of benzene rings is 1. The van der Waals surface area contributed by atoms with Crippen LogP contribution >= 0.6 is 0 Å². The molecule has 1 fully saturated rings. The third kappa shape index (κ3) is 2.25. The number of hydrogen-bond donors (Lipinski definition) is 1. The summed E-state index contributed by atoms with van der Waals surface area (Å²) in [5, 5.41) is 3.53. The predicted molar refractivity (Wildman–Crippen MR) is 71.7 cm³/mol. The van der Waals surface area contributed by atoms with Crippen molar-refractivity contribution in [3.05, 3.63) is 18.2 Å². The fourth-order valence-electron chi connectivity index (χ4n) is 2.56. The highest BCUT2D eigenvalue weighted by molar-refractivity contribution is 5.57. The van der Waals surface area contributed by atoms with Crippen LogP contribution in [0.3, 0.4) is 0 Å². The van der Waals surface area contributed by atoms with Crippen LogP contribution in [-0.2, 0) is 0 Å². The molecule has 3 rings (SSSR count). The molecule has 0 spiro atoms. The number of anilines is 1. The van der Waals surface area contributed by atoms with E-state index in [1.165, 1.54) is 12.1 Å². The van der Waals surface area contributed by atoms with Crippen molar-refractivity contribution in [2.24, 2.45) is 0 Å². The predicted octanol–water partition coefficient (Wildman–Crippen LogP) is 1.65. The van der Waals surface area contributed by atoms with Crippen molar-refractivity contribution in [1.82, 2.24) is 5.32 Å². The van der Waals surface area contributed by atoms with Gasteiger partial charge in [-0.3, -0.25) is 0 Å². The average Bonchev–Trinajstić information content (AvgIpc) is 2.47. The molecule has 0 aromatic heterocycles. The Morgan fingerprint density at radius 3 is 2.94 bits per heavy atom. The number of nitrogens with one attached hydrogen (secondary N) is 1. The van der Waals surface area contributed by atoms with Crippen LogP contribution in [0.15, 0.2) is 18.2 Å². The SMILES string of the molecule is CCC1CN(c2ccc3c(c2)OCCO3)CCN1. The lowest BCUT2D eigenvalue weighted by molar-refractivity contribution is 0.171. The molecule has 2 aliphatic heterocycles. The minimum atomic E-state index is 0.590. The van der Waals surface area contributed by atoms with Gasteiger partial charge in [-0.1, -0.05) is 6.92 Å². The lowest BCUT2D eigenvalue weighted by atomic mass is 10.1. The van der Waals surface area contributed by atoms with E-state index in [1.807, 2.05) is 6.07 Å². The Morgan fingerprint density at radius 1 is 1.28 bits per heavy atom. The minimum Gasteiger partial charge on any atom is -0.486 e. The molecule has 1 atom stereocenters. The molecule has 0 bridgehead atoms. The van der Waals surface area contributed by atoms with E-state index < -0.39 is 0 Å². The van der Waals surface area contributed by atoms with E-state index in [9.17, 15) is 0 Å². The highest BCUT2D eigenvalue weighted by atomic mass is 16.6. The molecular weight excluding hydrogens is 228 g/mol. The Hall–Kier alpha value is -1.42. The molecule has 1 saturated heterocycles. The second-order valence-electron chi connectivity index (χ2n) is 4.83. The van der Waals surface area contributed by atoms with Crippen molar-refractivity contribution < 1.29 is 9.47 Å². The first-order valence-electron chi connectivity index (χ1n) is 6.75. The lowest BCUT2D eigenvalue weighted by Crippen LogP contribution is -2.50. The number of fused-ring (bicyclic) bond motifs is 1. The number of rotatable bonds is 2. The Morgan fingerprint density at radius 2 is 2.11 bits per heavy atom. The van der Waals surface area contributed by atoms with Gasteiger partial charge in [-0.05, 0) is 18.6 Å². The molecule has 0 radical (unpaired) electrons. The van der Waals surface area contributed by atoms with Gasteiger partial charge in [-0.2, -0.15) is 0 Å². The summed E-state index contributed by atoms with van der Waals surface area (Å²) in [5.41, 5.74) is 1.24. The van der Waals surface area contributed by atoms with Crippen LogP contribution in [0.2, 0.25) is 0 Å². The number of nitrogens with zero attached hydrogens (tertiary/aromatic N) is 1. The van der Waals surface area contributed by atoms with Crippen LogP contribution in [0.1, 0.15) is 13.3 Å². The molecule has 0 aliphatic carbocycles. The first-order chi connectivity index (χ1) is 8.86. The third-order valence-electron chi connectivity index (χ3n) is 3.64. The largest absolute Gasteiger partial charge is 0.486 e. The quantitative estimate of drug-likeness (QED) is 0.863. The van der Waals surface area contributed by atoms with Gasteiger partial charge in [-0.15, -0.1) is 0 Å². The average molecular weight is 248 g/mol. The van der Waals surface area contributed by atoms with Crippen LogP contribution in [0, 0.1) is 0 Å². The molecule has 4 nitrogen and oxygen atoms in total. The van der Waals surface area contributed by atoms with E-state index >= 15 is 0 Å². The lowest BCUT2D eigenvalue weighted by Gasteiger charge is -2.35. The monoisotopic (exact) mass is 248 g/mol. The third-order valence-corrected chi connectivity index (χ3v) is 3.64. The molecule has 1 unspecified atom stereocenters. The molecule has 98 valence electrons. The number of ether oxygens (including phenoxy) is 2. The fraction of sp³-hybridized carbons (Fsp3) is 0.571. The molecule has 18 heavy (non-hydrogen) atoms. The van der Waals surface area contributed by atoms with E-state index in [0.29, 0.717) is 19.3 Å². The zero-order valence-electron chi connectivity index (χ0n) is 10.8. The topological polar surface area (TPSA) is 33.7 Å². The van der Waals surface area contributed by atoms with Crippen LogP contribution in [0.25, 0.3) is 0 Å². The summed E-state index contributed by atoms with van der Waals surface area (Å²) in [6.45, 7) is 6.69. The van der Waals surface area contributed by atoms with Gasteiger partial charge in [0.2, 0.25) is 0 Å². The summed E-state index contributed by atoms with van der Waals surface area (Å²) < 4.78 is 11.2. The molecule has 0 saturated carbocycles. The van der Waals surface area contributed by atoms with Crippen LogP contribution in [0.5, 0.6) is 11.5 Å². The van der Waals surface area contributed by atoms with Crippen molar-refractivity contribution >= 4 is 5.69 Å². The molecule has 2 heterocycles. The second-order valence-corrected chi connectivity index (χ2v) is 4.83. The molecule has 4 heteroatoms. The summed E-state index contributed by atoms with van der Waals surface area (Å²) in [4.78, 5) is 2.42. The molecule has 0 amide bonds. The van der Waals surface area contributed by atoms with Gasteiger partial charge in [0.15, 0.2) is 11.5 Å².